The van der Waals surface area contributed by atoms with E-state index in [0.29, 0.717) is 12.0 Å². The Hall–Kier alpha value is -3.98. The number of benzene rings is 4. The lowest BCUT2D eigenvalue weighted by molar-refractivity contribution is 0.0977. The van der Waals surface area contributed by atoms with E-state index >= 15 is 0 Å². The van der Waals surface area contributed by atoms with Crippen LogP contribution in [0.15, 0.2) is 120 Å². The number of para-hydroxylation sites is 2. The Bertz CT molecular complexity index is 1220. The van der Waals surface area contributed by atoms with Crippen LogP contribution in [-0.4, -0.2) is 11.6 Å². The van der Waals surface area contributed by atoms with Crippen molar-refractivity contribution in [3.63, 3.8) is 0 Å². The molecule has 1 unspecified atom stereocenters. The molecule has 31 heavy (non-hydrogen) atoms. The summed E-state index contributed by atoms with van der Waals surface area (Å²) in [5, 5.41) is 0. The highest BCUT2D eigenvalue weighted by Gasteiger charge is 2.32. The quantitative estimate of drug-likeness (QED) is 0.380. The summed E-state index contributed by atoms with van der Waals surface area (Å²) in [5.41, 5.74) is 5.45. The van der Waals surface area contributed by atoms with Crippen molar-refractivity contribution in [1.82, 2.24) is 0 Å². The van der Waals surface area contributed by atoms with E-state index in [4.69, 9.17) is 4.99 Å². The zero-order chi connectivity index (χ0) is 21.0. The van der Waals surface area contributed by atoms with Crippen LogP contribution in [0, 0.1) is 0 Å². The van der Waals surface area contributed by atoms with Gasteiger partial charge >= 0.3 is 0 Å². The van der Waals surface area contributed by atoms with Crippen LogP contribution >= 0.6 is 0 Å². The minimum Gasteiger partial charge on any atom is -0.298 e. The van der Waals surface area contributed by atoms with E-state index in [1.54, 1.807) is 0 Å². The third-order valence-corrected chi connectivity index (χ3v) is 5.63. The fourth-order valence-electron chi connectivity index (χ4n) is 4.12. The summed E-state index contributed by atoms with van der Waals surface area (Å²) in [4.78, 5) is 20.8. The third-order valence-electron chi connectivity index (χ3n) is 5.63. The molecule has 1 heterocycles. The predicted octanol–water partition coefficient (Wildman–Crippen LogP) is 6.60. The first kappa shape index (κ1) is 19.0. The molecule has 1 aliphatic heterocycles. The van der Waals surface area contributed by atoms with Gasteiger partial charge in [-0.05, 0) is 35.4 Å². The highest BCUT2D eigenvalue weighted by atomic mass is 16.2. The fraction of sp³-hybridized carbons (Fsp3) is 0.0714. The first-order valence-electron chi connectivity index (χ1n) is 10.5. The topological polar surface area (TPSA) is 32.7 Å². The molecule has 0 N–H and O–H groups in total. The van der Waals surface area contributed by atoms with E-state index in [0.717, 1.165) is 28.2 Å². The average Bonchev–Trinajstić information content (AvgIpc) is 3.02. The van der Waals surface area contributed by atoms with Gasteiger partial charge in [-0.25, -0.2) is 0 Å². The Morgan fingerprint density at radius 1 is 0.710 bits per heavy atom. The summed E-state index contributed by atoms with van der Waals surface area (Å²) in [6.07, 6.45) is 0.626. The van der Waals surface area contributed by atoms with Crippen molar-refractivity contribution in [2.45, 2.75) is 12.5 Å². The molecule has 4 aromatic carbocycles. The number of rotatable bonds is 3. The van der Waals surface area contributed by atoms with Crippen LogP contribution < -0.4 is 4.90 Å². The van der Waals surface area contributed by atoms with Crippen LogP contribution in [0.5, 0.6) is 0 Å². The van der Waals surface area contributed by atoms with Gasteiger partial charge in [-0.1, -0.05) is 91.0 Å². The van der Waals surface area contributed by atoms with E-state index in [9.17, 15) is 4.79 Å². The predicted molar refractivity (Wildman–Crippen MR) is 126 cm³/mol. The molecule has 0 aliphatic carbocycles. The number of carbonyl (C=O) groups is 1. The van der Waals surface area contributed by atoms with E-state index < -0.39 is 0 Å². The van der Waals surface area contributed by atoms with Gasteiger partial charge in [0.15, 0.2) is 0 Å². The number of fused-ring (bicyclic) bond motifs is 1. The lowest BCUT2D eigenvalue weighted by Gasteiger charge is -2.32. The molecule has 0 fully saturated rings. The Morgan fingerprint density at radius 2 is 1.29 bits per heavy atom. The molecule has 3 heteroatoms. The van der Waals surface area contributed by atoms with Gasteiger partial charge in [0.05, 0.1) is 23.1 Å². The van der Waals surface area contributed by atoms with Crippen molar-refractivity contribution in [2.24, 2.45) is 4.99 Å². The van der Waals surface area contributed by atoms with Crippen molar-refractivity contribution >= 4 is 23.0 Å². The smallest absolute Gasteiger partial charge is 0.258 e. The van der Waals surface area contributed by atoms with Crippen LogP contribution in [-0.2, 0) is 0 Å². The zero-order valence-electron chi connectivity index (χ0n) is 17.1. The second-order valence-corrected chi connectivity index (χ2v) is 7.59. The number of hydrogen-bond acceptors (Lipinski definition) is 2. The molecule has 0 radical (unpaired) electrons. The molecule has 1 amide bonds. The Balaban J connectivity index is 1.70. The number of nitrogens with zero attached hydrogens (tertiary/aromatic N) is 2. The van der Waals surface area contributed by atoms with Gasteiger partial charge in [-0.2, -0.15) is 0 Å². The molecule has 4 aromatic rings. The Labute approximate surface area is 182 Å². The summed E-state index contributed by atoms with van der Waals surface area (Å²) in [6.45, 7) is 0. The van der Waals surface area contributed by atoms with Gasteiger partial charge in [0, 0.05) is 12.0 Å². The van der Waals surface area contributed by atoms with Gasteiger partial charge in [0.25, 0.3) is 5.91 Å². The van der Waals surface area contributed by atoms with Crippen LogP contribution in [0.3, 0.4) is 0 Å². The van der Waals surface area contributed by atoms with Gasteiger partial charge in [-0.15, -0.1) is 0 Å². The SMILES string of the molecule is O=C(c1ccccc1)N1c2ccccc2N=C(c2ccccc2)CC1c1ccccc1. The number of hydrogen-bond donors (Lipinski definition) is 0. The normalized spacial score (nSPS) is 15.5. The van der Waals surface area contributed by atoms with Crippen LogP contribution in [0.25, 0.3) is 0 Å². The molecule has 0 saturated carbocycles. The van der Waals surface area contributed by atoms with Gasteiger partial charge in [-0.3, -0.25) is 14.7 Å². The minimum atomic E-state index is -0.170. The maximum absolute atomic E-state index is 13.8. The molecule has 150 valence electrons. The van der Waals surface area contributed by atoms with Crippen molar-refractivity contribution in [2.75, 3.05) is 4.90 Å². The lowest BCUT2D eigenvalue weighted by Crippen LogP contribution is -2.35. The van der Waals surface area contributed by atoms with Gasteiger partial charge < -0.3 is 0 Å². The lowest BCUT2D eigenvalue weighted by atomic mass is 9.95. The summed E-state index contributed by atoms with van der Waals surface area (Å²) < 4.78 is 0. The standard InChI is InChI=1S/C28H22N2O/c31-28(23-16-8-3-9-17-23)30-26-19-11-10-18-24(26)29-25(21-12-4-1-5-13-21)20-27(30)22-14-6-2-7-15-22/h1-19,27H,20H2. The van der Waals surface area contributed by atoms with E-state index in [1.807, 2.05) is 95.9 Å². The summed E-state index contributed by atoms with van der Waals surface area (Å²) in [6, 6.07) is 37.7. The second kappa shape index (κ2) is 8.41. The van der Waals surface area contributed by atoms with E-state index in [2.05, 4.69) is 24.3 Å². The summed E-state index contributed by atoms with van der Waals surface area (Å²) in [7, 11) is 0. The second-order valence-electron chi connectivity index (χ2n) is 7.59. The van der Waals surface area contributed by atoms with Crippen molar-refractivity contribution in [3.05, 3.63) is 132 Å². The highest BCUT2D eigenvalue weighted by Crippen LogP contribution is 2.41. The van der Waals surface area contributed by atoms with Crippen LogP contribution in [0.2, 0.25) is 0 Å². The summed E-state index contributed by atoms with van der Waals surface area (Å²) >= 11 is 0. The first-order chi connectivity index (χ1) is 15.3. The molecular formula is C28H22N2O. The Morgan fingerprint density at radius 3 is 2.00 bits per heavy atom. The third kappa shape index (κ3) is 3.78. The van der Waals surface area contributed by atoms with Crippen molar-refractivity contribution in [1.29, 1.82) is 0 Å². The maximum Gasteiger partial charge on any atom is 0.258 e. The molecule has 1 atom stereocenters. The molecule has 0 aromatic heterocycles. The maximum atomic E-state index is 13.8. The molecule has 3 nitrogen and oxygen atoms in total. The largest absolute Gasteiger partial charge is 0.298 e. The van der Waals surface area contributed by atoms with Gasteiger partial charge in [0.2, 0.25) is 0 Å². The van der Waals surface area contributed by atoms with Gasteiger partial charge in [0.1, 0.15) is 0 Å². The Kier molecular flexibility index (Phi) is 5.16. The molecule has 0 spiro atoms. The molecule has 0 bridgehead atoms. The number of amides is 1. The van der Waals surface area contributed by atoms with E-state index in [-0.39, 0.29) is 11.9 Å². The van der Waals surface area contributed by atoms with Crippen molar-refractivity contribution in [3.8, 4) is 0 Å². The molecule has 5 rings (SSSR count). The average molecular weight is 402 g/mol. The monoisotopic (exact) mass is 402 g/mol. The zero-order valence-corrected chi connectivity index (χ0v) is 17.1. The number of carbonyl (C=O) groups excluding carboxylic acids is 1. The first-order valence-corrected chi connectivity index (χ1v) is 10.5. The van der Waals surface area contributed by atoms with Crippen molar-refractivity contribution < 1.29 is 4.79 Å². The fourth-order valence-corrected chi connectivity index (χ4v) is 4.12. The van der Waals surface area contributed by atoms with Crippen LogP contribution in [0.4, 0.5) is 11.4 Å². The molecular weight excluding hydrogens is 380 g/mol. The van der Waals surface area contributed by atoms with Crippen LogP contribution in [0.1, 0.15) is 33.9 Å². The highest BCUT2D eigenvalue weighted by molar-refractivity contribution is 6.11. The molecule has 0 saturated heterocycles. The molecule has 1 aliphatic rings. The minimum absolute atomic E-state index is 0.0218. The summed E-state index contributed by atoms with van der Waals surface area (Å²) in [5.74, 6) is -0.0218. The van der Waals surface area contributed by atoms with E-state index in [1.165, 1.54) is 0 Å². The number of aliphatic imine (C=N–C) groups is 1. The number of anilines is 1.